The topological polar surface area (TPSA) is 145 Å². The third kappa shape index (κ3) is 7.64. The molecule has 11 nitrogen and oxygen atoms in total. The number of allylic oxidation sites excluding steroid dienone is 2. The summed E-state index contributed by atoms with van der Waals surface area (Å²) in [6.45, 7) is 6.38. The number of carboxylic acid groups (broad SMARTS) is 2. The summed E-state index contributed by atoms with van der Waals surface area (Å²) in [5.41, 5.74) is 2.54. The second-order valence-electron chi connectivity index (χ2n) is 12.8. The Kier molecular flexibility index (Phi) is 10.4. The maximum atomic E-state index is 13.3. The molecule has 4 fully saturated rings. The van der Waals surface area contributed by atoms with Gasteiger partial charge in [0.2, 0.25) is 11.8 Å². The van der Waals surface area contributed by atoms with E-state index in [2.05, 4.69) is 53.1 Å². The second-order valence-corrected chi connectivity index (χ2v) is 12.8. The van der Waals surface area contributed by atoms with Crippen LogP contribution < -0.4 is 4.90 Å². The highest BCUT2D eigenvalue weighted by Gasteiger charge is 2.59. The lowest BCUT2D eigenvalue weighted by atomic mass is 9.85. The average molecular weight is 622 g/mol. The second kappa shape index (κ2) is 14.4. The smallest absolute Gasteiger partial charge is 0.328 e. The van der Waals surface area contributed by atoms with Crippen LogP contribution in [0.3, 0.4) is 0 Å². The van der Waals surface area contributed by atoms with Crippen LogP contribution in [0.2, 0.25) is 0 Å². The third-order valence-electron chi connectivity index (χ3n) is 9.83. The molecule has 5 atom stereocenters. The van der Waals surface area contributed by atoms with E-state index in [9.17, 15) is 24.0 Å². The molecule has 2 bridgehead atoms. The Morgan fingerprint density at radius 1 is 0.867 bits per heavy atom. The van der Waals surface area contributed by atoms with Gasteiger partial charge in [0, 0.05) is 50.6 Å². The minimum Gasteiger partial charge on any atom is -0.478 e. The highest BCUT2D eigenvalue weighted by Crippen LogP contribution is 2.52. The molecule has 11 heteroatoms. The van der Waals surface area contributed by atoms with Crippen LogP contribution in [0, 0.1) is 36.5 Å². The number of esters is 1. The first kappa shape index (κ1) is 32.4. The Bertz CT molecular complexity index is 1300. The number of fused-ring (bicyclic) bond motifs is 5. The predicted octanol–water partition coefficient (Wildman–Crippen LogP) is 3.13. The normalized spacial score (nSPS) is 27.0. The minimum atomic E-state index is -1.26. The third-order valence-corrected chi connectivity index (χ3v) is 9.83. The number of likely N-dealkylation sites (tertiary alicyclic amines) is 1. The molecule has 242 valence electrons. The van der Waals surface area contributed by atoms with Crippen molar-refractivity contribution in [3.8, 4) is 0 Å². The summed E-state index contributed by atoms with van der Waals surface area (Å²) < 4.78 is 6.12. The van der Waals surface area contributed by atoms with Crippen molar-refractivity contribution in [1.82, 2.24) is 9.80 Å². The summed E-state index contributed by atoms with van der Waals surface area (Å²) >= 11 is 0. The zero-order valence-corrected chi connectivity index (χ0v) is 25.8. The zero-order valence-electron chi connectivity index (χ0n) is 25.8. The quantitative estimate of drug-likeness (QED) is 0.183. The molecule has 2 heterocycles. The Labute approximate surface area is 263 Å². The molecule has 1 aromatic rings. The summed E-state index contributed by atoms with van der Waals surface area (Å²) in [6.07, 6.45) is 10.8. The molecular formula is C34H43N3O8. The number of benzene rings is 1. The first-order chi connectivity index (χ1) is 21.6. The maximum absolute atomic E-state index is 13.3. The summed E-state index contributed by atoms with van der Waals surface area (Å²) in [4.78, 5) is 65.1. The number of imide groups is 1. The van der Waals surface area contributed by atoms with Crippen molar-refractivity contribution in [3.05, 3.63) is 54.1 Å². The molecule has 0 spiro atoms. The van der Waals surface area contributed by atoms with Gasteiger partial charge in [-0.15, -0.1) is 0 Å². The number of hydrogen-bond donors (Lipinski definition) is 2. The predicted molar refractivity (Wildman–Crippen MR) is 165 cm³/mol. The number of carbonyl (C=O) groups excluding carboxylic acids is 3. The zero-order chi connectivity index (χ0) is 32.1. The largest absolute Gasteiger partial charge is 0.478 e. The molecule has 2 saturated carbocycles. The Hall–Kier alpha value is -3.99. The van der Waals surface area contributed by atoms with Crippen LogP contribution in [0.5, 0.6) is 0 Å². The fourth-order valence-electron chi connectivity index (χ4n) is 7.60. The van der Waals surface area contributed by atoms with Gasteiger partial charge in [-0.25, -0.2) is 9.59 Å². The van der Waals surface area contributed by atoms with Gasteiger partial charge in [-0.05, 0) is 49.7 Å². The van der Waals surface area contributed by atoms with E-state index in [1.165, 1.54) is 22.6 Å². The van der Waals surface area contributed by atoms with Crippen molar-refractivity contribution < 1.29 is 38.9 Å². The summed E-state index contributed by atoms with van der Waals surface area (Å²) in [6, 6.07) is 8.46. The number of piperazine rings is 1. The molecule has 2 aliphatic heterocycles. The lowest BCUT2D eigenvalue weighted by molar-refractivity contribution is -0.160. The molecule has 0 radical (unpaired) electrons. The number of hydrogen-bond acceptors (Lipinski definition) is 8. The number of carboxylic acids is 2. The molecule has 2 saturated heterocycles. The van der Waals surface area contributed by atoms with Crippen molar-refractivity contribution in [2.45, 2.75) is 51.6 Å². The molecule has 0 aromatic heterocycles. The van der Waals surface area contributed by atoms with Gasteiger partial charge in [0.05, 0.1) is 24.3 Å². The van der Waals surface area contributed by atoms with E-state index in [1.54, 1.807) is 0 Å². The SMILES string of the molecule is Cc1ccccc1N1CCN(CC(CN2C(=O)C3C4C=C[C@@H](C4)[C@@H]3C2=O)OC(=O)C2CCCCC2)CC1.O=C(O)/C=C\C(=O)O. The van der Waals surface area contributed by atoms with Crippen LogP contribution in [0.1, 0.15) is 44.1 Å². The number of anilines is 1. The van der Waals surface area contributed by atoms with Gasteiger partial charge < -0.3 is 19.8 Å². The number of para-hydroxylation sites is 1. The van der Waals surface area contributed by atoms with Gasteiger partial charge in [-0.2, -0.15) is 0 Å². The summed E-state index contributed by atoms with van der Waals surface area (Å²) in [5, 5.41) is 15.6. The average Bonchev–Trinajstić information content (AvgIpc) is 3.72. The highest BCUT2D eigenvalue weighted by atomic mass is 16.5. The molecular weight excluding hydrogens is 578 g/mol. The van der Waals surface area contributed by atoms with E-state index in [4.69, 9.17) is 14.9 Å². The van der Waals surface area contributed by atoms with Crippen LogP contribution in [0.25, 0.3) is 0 Å². The van der Waals surface area contributed by atoms with Crippen molar-refractivity contribution in [2.24, 2.45) is 29.6 Å². The fourth-order valence-corrected chi connectivity index (χ4v) is 7.60. The molecule has 2 N–H and O–H groups in total. The van der Waals surface area contributed by atoms with Gasteiger partial charge in [-0.1, -0.05) is 49.6 Å². The van der Waals surface area contributed by atoms with Crippen LogP contribution in [-0.4, -0.2) is 95.1 Å². The van der Waals surface area contributed by atoms with Crippen molar-refractivity contribution in [2.75, 3.05) is 44.2 Å². The number of nitrogens with zero attached hydrogens (tertiary/aromatic N) is 3. The highest BCUT2D eigenvalue weighted by molar-refractivity contribution is 6.06. The molecule has 5 aliphatic rings. The van der Waals surface area contributed by atoms with Crippen LogP contribution in [0.4, 0.5) is 5.69 Å². The maximum Gasteiger partial charge on any atom is 0.328 e. The molecule has 2 amide bonds. The Morgan fingerprint density at radius 3 is 2.00 bits per heavy atom. The number of carbonyl (C=O) groups is 5. The Morgan fingerprint density at radius 2 is 1.44 bits per heavy atom. The van der Waals surface area contributed by atoms with E-state index in [0.717, 1.165) is 58.3 Å². The van der Waals surface area contributed by atoms with Gasteiger partial charge >= 0.3 is 17.9 Å². The first-order valence-electron chi connectivity index (χ1n) is 16.0. The van der Waals surface area contributed by atoms with E-state index in [0.29, 0.717) is 18.7 Å². The van der Waals surface area contributed by atoms with Gasteiger partial charge in [-0.3, -0.25) is 24.2 Å². The van der Waals surface area contributed by atoms with Crippen molar-refractivity contribution in [3.63, 3.8) is 0 Å². The minimum absolute atomic E-state index is 0.0569. The van der Waals surface area contributed by atoms with Gasteiger partial charge in [0.25, 0.3) is 0 Å². The monoisotopic (exact) mass is 621 g/mol. The number of aliphatic carboxylic acids is 2. The van der Waals surface area contributed by atoms with Gasteiger partial charge in [0.1, 0.15) is 6.10 Å². The van der Waals surface area contributed by atoms with Crippen molar-refractivity contribution in [1.29, 1.82) is 0 Å². The fraction of sp³-hybridized carbons (Fsp3) is 0.559. The molecule has 45 heavy (non-hydrogen) atoms. The van der Waals surface area contributed by atoms with Crippen LogP contribution in [0.15, 0.2) is 48.6 Å². The van der Waals surface area contributed by atoms with E-state index < -0.39 is 18.0 Å². The Balaban J connectivity index is 0.000000444. The van der Waals surface area contributed by atoms with Crippen molar-refractivity contribution >= 4 is 35.4 Å². The van der Waals surface area contributed by atoms with Gasteiger partial charge in [0.15, 0.2) is 0 Å². The van der Waals surface area contributed by atoms with E-state index in [1.807, 2.05) is 0 Å². The standard InChI is InChI=1S/C30H39N3O4.C4H4O4/c1-20-7-5-6-10-25(20)32-15-13-31(14-16-32)18-24(37-30(36)21-8-3-2-4-9-21)19-33-28(34)26-22-11-12-23(17-22)27(26)29(33)35;5-3(6)1-2-4(7)8/h5-7,10-12,21-24,26-27H,2-4,8-9,13-19H2,1H3;1-2H,(H,5,6)(H,7,8)/b;2-1-/t22-,23?,24?,26-,27?;/m0./s1. The number of ether oxygens (including phenoxy) is 1. The number of rotatable bonds is 9. The van der Waals surface area contributed by atoms with Crippen LogP contribution in [-0.2, 0) is 28.7 Å². The lowest BCUT2D eigenvalue weighted by Crippen LogP contribution is -2.52. The van der Waals surface area contributed by atoms with Crippen LogP contribution >= 0.6 is 0 Å². The molecule has 1 aromatic carbocycles. The number of aryl methyl sites for hydroxylation is 1. The van der Waals surface area contributed by atoms with E-state index in [-0.39, 0.29) is 53.9 Å². The molecule has 3 unspecified atom stereocenters. The molecule has 6 rings (SSSR count). The lowest BCUT2D eigenvalue weighted by Gasteiger charge is -2.38. The summed E-state index contributed by atoms with van der Waals surface area (Å²) in [7, 11) is 0. The molecule has 3 aliphatic carbocycles. The first-order valence-corrected chi connectivity index (χ1v) is 16.0. The summed E-state index contributed by atoms with van der Waals surface area (Å²) in [5.74, 6) is -2.89. The number of amides is 2. The van der Waals surface area contributed by atoms with E-state index >= 15 is 0 Å².